The summed E-state index contributed by atoms with van der Waals surface area (Å²) in [5.41, 5.74) is 4.64. The lowest BCUT2D eigenvalue weighted by molar-refractivity contribution is -0.139. The van der Waals surface area contributed by atoms with E-state index in [-0.39, 0.29) is 18.9 Å². The molecule has 0 radical (unpaired) electrons. The van der Waals surface area contributed by atoms with Crippen molar-refractivity contribution in [1.82, 2.24) is 5.32 Å². The lowest BCUT2D eigenvalue weighted by Gasteiger charge is -1.99. The van der Waals surface area contributed by atoms with Gasteiger partial charge in [-0.15, -0.1) is 0 Å². The fraction of sp³-hybridized carbons (Fsp3) is 0.667. The number of carbonyl (C=O) groups is 3. The van der Waals surface area contributed by atoms with Gasteiger partial charge in [0.15, 0.2) is 0 Å². The molecule has 7 nitrogen and oxygen atoms in total. The van der Waals surface area contributed by atoms with Crippen LogP contribution in [0.4, 0.5) is 0 Å². The van der Waals surface area contributed by atoms with Crippen LogP contribution in [0.2, 0.25) is 0 Å². The van der Waals surface area contributed by atoms with Crippen molar-refractivity contribution in [2.45, 2.75) is 31.7 Å². The summed E-state index contributed by atoms with van der Waals surface area (Å²) >= 11 is 0. The van der Waals surface area contributed by atoms with Gasteiger partial charge in [-0.1, -0.05) is 0 Å². The van der Waals surface area contributed by atoms with Crippen LogP contribution in [0.3, 0.4) is 0 Å². The topological polar surface area (TPSA) is 130 Å². The average Bonchev–Trinajstić information content (AvgIpc) is 2.68. The van der Waals surface area contributed by atoms with E-state index in [4.69, 9.17) is 10.2 Å². The second kappa shape index (κ2) is 7.63. The Morgan fingerprint density at radius 2 is 1.88 bits per heavy atom. The predicted molar refractivity (Wildman–Crippen MR) is 54.7 cm³/mol. The third kappa shape index (κ3) is 7.74. The standard InChI is InChI=1S/C5H9NO2.C4H7NO3/c7-5(8)4-2-1-3-6-4;5-3(6)1-2-4(7)8/h4,6H,1-3H2,(H,7,8);1-2H2,(H2,5,6)(H,7,8). The SMILES string of the molecule is NC(=O)CCC(=O)O.O=C(O)C1CCCN1. The molecule has 1 saturated heterocycles. The van der Waals surface area contributed by atoms with Crippen molar-refractivity contribution in [3.8, 4) is 0 Å². The molecule has 1 atom stereocenters. The Morgan fingerprint density at radius 1 is 1.25 bits per heavy atom. The number of hydrogen-bond donors (Lipinski definition) is 4. The summed E-state index contributed by atoms with van der Waals surface area (Å²) in [6.45, 7) is 0.858. The molecule has 1 aliphatic heterocycles. The van der Waals surface area contributed by atoms with Gasteiger partial charge in [-0.3, -0.25) is 14.4 Å². The van der Waals surface area contributed by atoms with E-state index in [1.54, 1.807) is 0 Å². The minimum absolute atomic E-state index is 0.0741. The fourth-order valence-corrected chi connectivity index (χ4v) is 1.13. The number of carboxylic acid groups (broad SMARTS) is 2. The molecule has 0 aromatic heterocycles. The Hall–Kier alpha value is -1.63. The van der Waals surface area contributed by atoms with E-state index in [9.17, 15) is 14.4 Å². The molecule has 5 N–H and O–H groups in total. The Balaban J connectivity index is 0.000000281. The summed E-state index contributed by atoms with van der Waals surface area (Å²) in [7, 11) is 0. The highest BCUT2D eigenvalue weighted by Gasteiger charge is 2.20. The van der Waals surface area contributed by atoms with Crippen molar-refractivity contribution in [2.24, 2.45) is 5.73 Å². The van der Waals surface area contributed by atoms with Gasteiger partial charge in [-0.05, 0) is 19.4 Å². The van der Waals surface area contributed by atoms with Gasteiger partial charge in [0.2, 0.25) is 5.91 Å². The van der Waals surface area contributed by atoms with E-state index in [1.807, 2.05) is 0 Å². The Bertz CT molecular complexity index is 247. The Kier molecular flexibility index (Phi) is 6.86. The zero-order valence-electron chi connectivity index (χ0n) is 8.81. The molecular formula is C9H16N2O5. The summed E-state index contributed by atoms with van der Waals surface area (Å²) in [5, 5.41) is 19.2. The van der Waals surface area contributed by atoms with Crippen LogP contribution in [0.25, 0.3) is 0 Å². The van der Waals surface area contributed by atoms with Gasteiger partial charge in [0, 0.05) is 6.42 Å². The predicted octanol–water partition coefficient (Wildman–Crippen LogP) is -0.840. The molecular weight excluding hydrogens is 216 g/mol. The van der Waals surface area contributed by atoms with Gasteiger partial charge in [-0.25, -0.2) is 0 Å². The number of aliphatic carboxylic acids is 2. The quantitative estimate of drug-likeness (QED) is 0.500. The number of primary amides is 1. The van der Waals surface area contributed by atoms with Crippen molar-refractivity contribution < 1.29 is 24.6 Å². The highest BCUT2D eigenvalue weighted by Crippen LogP contribution is 2.03. The van der Waals surface area contributed by atoms with Crippen molar-refractivity contribution in [3.05, 3.63) is 0 Å². The zero-order valence-corrected chi connectivity index (χ0v) is 8.81. The van der Waals surface area contributed by atoms with Crippen LogP contribution in [0.15, 0.2) is 0 Å². The molecule has 1 aliphatic rings. The van der Waals surface area contributed by atoms with Crippen LogP contribution in [-0.4, -0.2) is 40.6 Å². The molecule has 1 rings (SSSR count). The van der Waals surface area contributed by atoms with E-state index in [1.165, 1.54) is 0 Å². The highest BCUT2D eigenvalue weighted by atomic mass is 16.4. The molecule has 92 valence electrons. The zero-order chi connectivity index (χ0) is 12.6. The second-order valence-electron chi connectivity index (χ2n) is 3.35. The van der Waals surface area contributed by atoms with Crippen molar-refractivity contribution in [3.63, 3.8) is 0 Å². The van der Waals surface area contributed by atoms with Crippen LogP contribution >= 0.6 is 0 Å². The number of carbonyl (C=O) groups excluding carboxylic acids is 1. The van der Waals surface area contributed by atoms with Gasteiger partial charge in [0.1, 0.15) is 6.04 Å². The normalized spacial score (nSPS) is 18.4. The molecule has 1 heterocycles. The third-order valence-electron chi connectivity index (χ3n) is 1.94. The first kappa shape index (κ1) is 14.4. The van der Waals surface area contributed by atoms with Gasteiger partial charge >= 0.3 is 11.9 Å². The van der Waals surface area contributed by atoms with Gasteiger partial charge in [-0.2, -0.15) is 0 Å². The summed E-state index contributed by atoms with van der Waals surface area (Å²) < 4.78 is 0. The summed E-state index contributed by atoms with van der Waals surface area (Å²) in [4.78, 5) is 29.7. The number of nitrogens with one attached hydrogen (secondary N) is 1. The van der Waals surface area contributed by atoms with Crippen molar-refractivity contribution in [1.29, 1.82) is 0 Å². The molecule has 0 aromatic rings. The van der Waals surface area contributed by atoms with Gasteiger partial charge in [0.05, 0.1) is 6.42 Å². The summed E-state index contributed by atoms with van der Waals surface area (Å²) in [5.74, 6) is -2.29. The monoisotopic (exact) mass is 232 g/mol. The molecule has 0 saturated carbocycles. The van der Waals surface area contributed by atoms with E-state index in [2.05, 4.69) is 11.1 Å². The number of hydrogen-bond acceptors (Lipinski definition) is 4. The molecule has 16 heavy (non-hydrogen) atoms. The second-order valence-corrected chi connectivity index (χ2v) is 3.35. The maximum atomic E-state index is 10.1. The number of carboxylic acids is 2. The largest absolute Gasteiger partial charge is 0.481 e. The number of nitrogens with two attached hydrogens (primary N) is 1. The lowest BCUT2D eigenvalue weighted by atomic mass is 10.2. The molecule has 0 aromatic carbocycles. The van der Waals surface area contributed by atoms with E-state index in [0.717, 1.165) is 19.4 Å². The van der Waals surface area contributed by atoms with Crippen LogP contribution in [0.5, 0.6) is 0 Å². The molecule has 0 spiro atoms. The van der Waals surface area contributed by atoms with E-state index >= 15 is 0 Å². The highest BCUT2D eigenvalue weighted by molar-refractivity contribution is 5.79. The number of amides is 1. The van der Waals surface area contributed by atoms with Crippen LogP contribution in [0, 0.1) is 0 Å². The summed E-state index contributed by atoms with van der Waals surface area (Å²) in [6.07, 6.45) is 1.54. The summed E-state index contributed by atoms with van der Waals surface area (Å²) in [6, 6.07) is -0.269. The molecule has 1 amide bonds. The van der Waals surface area contributed by atoms with Crippen LogP contribution < -0.4 is 11.1 Å². The fourth-order valence-electron chi connectivity index (χ4n) is 1.13. The first-order valence-electron chi connectivity index (χ1n) is 4.89. The average molecular weight is 232 g/mol. The van der Waals surface area contributed by atoms with Crippen molar-refractivity contribution in [2.75, 3.05) is 6.54 Å². The van der Waals surface area contributed by atoms with E-state index in [0.29, 0.717) is 0 Å². The first-order valence-corrected chi connectivity index (χ1v) is 4.89. The molecule has 0 aliphatic carbocycles. The van der Waals surface area contributed by atoms with Crippen molar-refractivity contribution >= 4 is 17.8 Å². The maximum absolute atomic E-state index is 10.1. The molecule has 7 heteroatoms. The molecule has 0 bridgehead atoms. The first-order chi connectivity index (χ1) is 7.43. The third-order valence-corrected chi connectivity index (χ3v) is 1.94. The van der Waals surface area contributed by atoms with Gasteiger partial charge in [0.25, 0.3) is 0 Å². The van der Waals surface area contributed by atoms with E-state index < -0.39 is 17.8 Å². The molecule has 1 fully saturated rings. The van der Waals surface area contributed by atoms with Crippen LogP contribution in [-0.2, 0) is 14.4 Å². The lowest BCUT2D eigenvalue weighted by Crippen LogP contribution is -2.29. The number of rotatable bonds is 4. The minimum Gasteiger partial charge on any atom is -0.481 e. The maximum Gasteiger partial charge on any atom is 0.320 e. The van der Waals surface area contributed by atoms with Crippen LogP contribution in [0.1, 0.15) is 25.7 Å². The molecule has 1 unspecified atom stereocenters. The Labute approximate surface area is 92.6 Å². The van der Waals surface area contributed by atoms with Gasteiger partial charge < -0.3 is 21.3 Å². The minimum atomic E-state index is -0.996. The Morgan fingerprint density at radius 3 is 2.06 bits per heavy atom. The smallest absolute Gasteiger partial charge is 0.320 e.